The number of amides is 3. The number of aryl methyl sites for hydroxylation is 1. The second-order valence-corrected chi connectivity index (χ2v) is 12.9. The van der Waals surface area contributed by atoms with Gasteiger partial charge in [0.15, 0.2) is 18.1 Å². The summed E-state index contributed by atoms with van der Waals surface area (Å²) in [5.74, 6) is -1.59. The molecule has 0 aliphatic carbocycles. The van der Waals surface area contributed by atoms with Crippen LogP contribution in [-0.4, -0.2) is 41.7 Å². The molecular formula is C30H24BrN3O6S2. The molecule has 2 aliphatic heterocycles. The standard InChI is InChI=1S/C30H24BrN3O6S2/c1-15-3-8-18(9-4-15)32-22(35)14-40-20-12-5-16(13-21(20)39-2)23-24-26(41-27-25(23)42-30(38)33-27)29(37)34(28(24)36)19-10-6-17(31)7-11-19/h3-13,23-24,26H,14H2,1-2H3,(H,32,35)(H,33,38). The lowest BCUT2D eigenvalue weighted by molar-refractivity contribution is -0.122. The van der Waals surface area contributed by atoms with Crippen LogP contribution in [0.15, 0.2) is 81.0 Å². The minimum absolute atomic E-state index is 0.243. The molecule has 6 rings (SSSR count). The maximum absolute atomic E-state index is 13.9. The number of benzene rings is 3. The highest BCUT2D eigenvalue weighted by molar-refractivity contribution is 9.10. The number of carbonyl (C=O) groups is 3. The van der Waals surface area contributed by atoms with Crippen LogP contribution in [0.2, 0.25) is 0 Å². The van der Waals surface area contributed by atoms with Crippen LogP contribution in [0.5, 0.6) is 11.5 Å². The molecule has 3 heterocycles. The highest BCUT2D eigenvalue weighted by atomic mass is 79.9. The molecule has 0 saturated carbocycles. The number of thiazole rings is 1. The molecule has 0 bridgehead atoms. The predicted molar refractivity (Wildman–Crippen MR) is 165 cm³/mol. The average Bonchev–Trinajstić information content (AvgIpc) is 3.47. The van der Waals surface area contributed by atoms with Crippen molar-refractivity contribution in [3.05, 3.63) is 96.9 Å². The molecule has 1 saturated heterocycles. The molecular weight excluding hydrogens is 642 g/mol. The van der Waals surface area contributed by atoms with Gasteiger partial charge in [0.05, 0.1) is 23.7 Å². The second-order valence-electron chi connectivity index (χ2n) is 9.85. The normalized spacial score (nSPS) is 19.3. The number of carbonyl (C=O) groups excluding carboxylic acids is 3. The van der Waals surface area contributed by atoms with E-state index in [1.165, 1.54) is 23.8 Å². The highest BCUT2D eigenvalue weighted by Crippen LogP contribution is 2.53. The number of thioether (sulfide) groups is 1. The summed E-state index contributed by atoms with van der Waals surface area (Å²) in [6, 6.07) is 19.6. The van der Waals surface area contributed by atoms with Crippen LogP contribution in [-0.2, 0) is 14.4 Å². The Morgan fingerprint density at radius 1 is 1.00 bits per heavy atom. The van der Waals surface area contributed by atoms with Gasteiger partial charge < -0.3 is 19.8 Å². The first kappa shape index (κ1) is 28.3. The van der Waals surface area contributed by atoms with Crippen LogP contribution >= 0.6 is 39.0 Å². The maximum atomic E-state index is 13.9. The number of rotatable bonds is 7. The third-order valence-electron chi connectivity index (χ3n) is 7.15. The first-order chi connectivity index (χ1) is 20.2. The van der Waals surface area contributed by atoms with Crippen molar-refractivity contribution in [3.63, 3.8) is 0 Å². The summed E-state index contributed by atoms with van der Waals surface area (Å²) in [5.41, 5.74) is 2.93. The SMILES string of the molecule is COc1cc(C2c3sc(=O)[nH]c3SC3C(=O)N(c4ccc(Br)cc4)C(=O)C32)ccc1OCC(=O)Nc1ccc(C)cc1. The summed E-state index contributed by atoms with van der Waals surface area (Å²) in [4.78, 5) is 56.9. The number of nitrogens with zero attached hydrogens (tertiary/aromatic N) is 1. The van der Waals surface area contributed by atoms with Crippen molar-refractivity contribution in [1.82, 2.24) is 4.98 Å². The van der Waals surface area contributed by atoms with Gasteiger partial charge in [0, 0.05) is 21.0 Å². The van der Waals surface area contributed by atoms with Crippen molar-refractivity contribution in [2.75, 3.05) is 23.9 Å². The molecule has 3 amide bonds. The van der Waals surface area contributed by atoms with Crippen molar-refractivity contribution in [1.29, 1.82) is 0 Å². The van der Waals surface area contributed by atoms with Crippen LogP contribution in [0.1, 0.15) is 21.9 Å². The first-order valence-corrected chi connectivity index (χ1v) is 15.4. The number of hydrogen-bond donors (Lipinski definition) is 2. The lowest BCUT2D eigenvalue weighted by Crippen LogP contribution is -2.32. The van der Waals surface area contributed by atoms with E-state index in [0.29, 0.717) is 38.3 Å². The molecule has 12 heteroatoms. The van der Waals surface area contributed by atoms with E-state index in [-0.39, 0.29) is 29.2 Å². The van der Waals surface area contributed by atoms with Gasteiger partial charge in [-0.2, -0.15) is 0 Å². The van der Waals surface area contributed by atoms with Gasteiger partial charge in [0.25, 0.3) is 5.91 Å². The van der Waals surface area contributed by atoms with Crippen LogP contribution in [0.25, 0.3) is 0 Å². The molecule has 42 heavy (non-hydrogen) atoms. The Labute approximate surface area is 257 Å². The molecule has 0 radical (unpaired) electrons. The lowest BCUT2D eigenvalue weighted by atomic mass is 9.83. The molecule has 3 atom stereocenters. The van der Waals surface area contributed by atoms with E-state index in [1.807, 2.05) is 31.2 Å². The fraction of sp³-hybridized carbons (Fsp3) is 0.200. The van der Waals surface area contributed by atoms with Gasteiger partial charge in [-0.15, -0.1) is 0 Å². The van der Waals surface area contributed by atoms with Crippen molar-refractivity contribution in [2.24, 2.45) is 5.92 Å². The number of ether oxygens (including phenoxy) is 2. The van der Waals surface area contributed by atoms with Gasteiger partial charge in [0.2, 0.25) is 11.8 Å². The minimum atomic E-state index is -0.734. The molecule has 1 aromatic heterocycles. The molecule has 2 N–H and O–H groups in total. The van der Waals surface area contributed by atoms with E-state index in [2.05, 4.69) is 26.2 Å². The Morgan fingerprint density at radius 2 is 1.74 bits per heavy atom. The fourth-order valence-electron chi connectivity index (χ4n) is 5.19. The van der Waals surface area contributed by atoms with Crippen LogP contribution < -0.4 is 24.6 Å². The van der Waals surface area contributed by atoms with Gasteiger partial charge >= 0.3 is 4.87 Å². The third kappa shape index (κ3) is 5.25. The smallest absolute Gasteiger partial charge is 0.305 e. The molecule has 3 aromatic carbocycles. The number of hydrogen-bond acceptors (Lipinski definition) is 8. The number of fused-ring (bicyclic) bond motifs is 2. The zero-order chi connectivity index (χ0) is 29.5. The fourth-order valence-corrected chi connectivity index (χ4v) is 7.97. The van der Waals surface area contributed by atoms with E-state index >= 15 is 0 Å². The summed E-state index contributed by atoms with van der Waals surface area (Å²) in [5, 5.41) is 2.67. The molecule has 9 nitrogen and oxygen atoms in total. The monoisotopic (exact) mass is 665 g/mol. The Bertz CT molecular complexity index is 1750. The maximum Gasteiger partial charge on any atom is 0.305 e. The number of anilines is 2. The quantitative estimate of drug-likeness (QED) is 0.256. The highest BCUT2D eigenvalue weighted by Gasteiger charge is 2.56. The van der Waals surface area contributed by atoms with Crippen LogP contribution in [0, 0.1) is 12.8 Å². The zero-order valence-electron chi connectivity index (χ0n) is 22.4. The van der Waals surface area contributed by atoms with E-state index in [9.17, 15) is 19.2 Å². The third-order valence-corrected chi connectivity index (χ3v) is 10.1. The van der Waals surface area contributed by atoms with Crippen molar-refractivity contribution < 1.29 is 23.9 Å². The van der Waals surface area contributed by atoms with Gasteiger partial charge in [0.1, 0.15) is 5.25 Å². The van der Waals surface area contributed by atoms with Crippen LogP contribution in [0.4, 0.5) is 11.4 Å². The van der Waals surface area contributed by atoms with Gasteiger partial charge in [-0.25, -0.2) is 4.90 Å². The summed E-state index contributed by atoms with van der Waals surface area (Å²) in [7, 11) is 1.48. The second kappa shape index (κ2) is 11.4. The van der Waals surface area contributed by atoms with E-state index in [4.69, 9.17) is 9.47 Å². The molecule has 4 aromatic rings. The number of nitrogens with one attached hydrogen (secondary N) is 2. The molecule has 3 unspecified atom stereocenters. The van der Waals surface area contributed by atoms with E-state index < -0.39 is 17.1 Å². The number of methoxy groups -OCH3 is 1. The van der Waals surface area contributed by atoms with E-state index in [1.54, 1.807) is 42.5 Å². The molecule has 1 fully saturated rings. The minimum Gasteiger partial charge on any atom is -0.493 e. The predicted octanol–water partition coefficient (Wildman–Crippen LogP) is 5.33. The Hall–Kier alpha value is -3.87. The van der Waals surface area contributed by atoms with Gasteiger partial charge in [-0.3, -0.25) is 19.2 Å². The number of aromatic nitrogens is 1. The van der Waals surface area contributed by atoms with Crippen molar-refractivity contribution in [3.8, 4) is 11.5 Å². The van der Waals surface area contributed by atoms with Gasteiger partial charge in [-0.05, 0) is 61.0 Å². The zero-order valence-corrected chi connectivity index (χ0v) is 25.6. The van der Waals surface area contributed by atoms with Crippen LogP contribution in [0.3, 0.4) is 0 Å². The average molecular weight is 667 g/mol. The largest absolute Gasteiger partial charge is 0.493 e. The summed E-state index contributed by atoms with van der Waals surface area (Å²) in [6.07, 6.45) is 0. The van der Waals surface area contributed by atoms with E-state index in [0.717, 1.165) is 21.4 Å². The van der Waals surface area contributed by atoms with Crippen molar-refractivity contribution >= 4 is 68.1 Å². The molecule has 2 aliphatic rings. The topological polar surface area (TPSA) is 118 Å². The Kier molecular flexibility index (Phi) is 7.69. The number of aromatic amines is 1. The van der Waals surface area contributed by atoms with Gasteiger partial charge in [-0.1, -0.05) is 62.8 Å². The summed E-state index contributed by atoms with van der Waals surface area (Å²) in [6.45, 7) is 1.72. The lowest BCUT2D eigenvalue weighted by Gasteiger charge is -2.30. The first-order valence-electron chi connectivity index (χ1n) is 12.9. The summed E-state index contributed by atoms with van der Waals surface area (Å²) >= 11 is 5.64. The number of halogens is 1. The Balaban J connectivity index is 1.29. The Morgan fingerprint density at radius 3 is 2.45 bits per heavy atom. The summed E-state index contributed by atoms with van der Waals surface area (Å²) < 4.78 is 12.2. The number of H-pyrrole nitrogens is 1. The number of imide groups is 1. The molecule has 0 spiro atoms. The van der Waals surface area contributed by atoms with Crippen molar-refractivity contribution in [2.45, 2.75) is 23.1 Å². The molecule has 214 valence electrons.